The van der Waals surface area contributed by atoms with E-state index >= 15 is 0 Å². The van der Waals surface area contributed by atoms with Crippen LogP contribution in [0.1, 0.15) is 58.6 Å². The number of benzene rings is 1. The van der Waals surface area contributed by atoms with Crippen molar-refractivity contribution in [1.29, 1.82) is 0 Å². The van der Waals surface area contributed by atoms with E-state index in [4.69, 9.17) is 0 Å². The summed E-state index contributed by atoms with van der Waals surface area (Å²) in [6.07, 6.45) is 0. The molecule has 1 aromatic rings. The van der Waals surface area contributed by atoms with E-state index in [0.717, 1.165) is 5.69 Å². The molecule has 0 spiro atoms. The molecule has 2 heteroatoms. The molecule has 0 saturated carbocycles. The zero-order valence-electron chi connectivity index (χ0n) is 12.2. The van der Waals surface area contributed by atoms with Gasteiger partial charge in [0.25, 0.3) is 0 Å². The second-order valence-corrected chi connectivity index (χ2v) is 6.29. The van der Waals surface area contributed by atoms with Gasteiger partial charge in [-0.05, 0) is 50.8 Å². The molecule has 2 nitrogen and oxygen atoms in total. The van der Waals surface area contributed by atoms with Gasteiger partial charge in [0.05, 0.1) is 5.41 Å². The molecular formula is C16H23NO. The van der Waals surface area contributed by atoms with Crippen LogP contribution in [0.5, 0.6) is 0 Å². The van der Waals surface area contributed by atoms with Crippen LogP contribution >= 0.6 is 0 Å². The second-order valence-electron chi connectivity index (χ2n) is 6.29. The third-order valence-electron chi connectivity index (χ3n) is 3.85. The maximum absolute atomic E-state index is 12.6. The van der Waals surface area contributed by atoms with E-state index < -0.39 is 5.41 Å². The van der Waals surface area contributed by atoms with Crippen molar-refractivity contribution < 1.29 is 4.79 Å². The fraction of sp³-hybridized carbons (Fsp3) is 0.562. The lowest BCUT2D eigenvalue weighted by Gasteiger charge is -2.24. The molecule has 0 aliphatic carbocycles. The minimum atomic E-state index is -0.402. The molecule has 0 unspecified atom stereocenters. The molecular weight excluding hydrogens is 222 g/mol. The number of rotatable bonds is 2. The van der Waals surface area contributed by atoms with E-state index in [9.17, 15) is 4.79 Å². The van der Waals surface area contributed by atoms with Crippen LogP contribution in [0.15, 0.2) is 18.2 Å². The number of carbonyl (C=O) groups is 1. The summed E-state index contributed by atoms with van der Waals surface area (Å²) in [5, 5.41) is 0. The summed E-state index contributed by atoms with van der Waals surface area (Å²) in [4.78, 5) is 14.6. The van der Waals surface area contributed by atoms with Gasteiger partial charge in [-0.15, -0.1) is 0 Å². The van der Waals surface area contributed by atoms with Crippen molar-refractivity contribution in [1.82, 2.24) is 0 Å². The maximum Gasteiger partial charge on any atom is 0.237 e. The Labute approximate surface area is 110 Å². The van der Waals surface area contributed by atoms with Crippen LogP contribution in [-0.2, 0) is 10.2 Å². The Morgan fingerprint density at radius 3 is 2.22 bits per heavy atom. The van der Waals surface area contributed by atoms with Crippen molar-refractivity contribution in [2.45, 2.75) is 58.9 Å². The fourth-order valence-electron chi connectivity index (χ4n) is 2.95. The van der Waals surface area contributed by atoms with Crippen molar-refractivity contribution in [2.75, 3.05) is 4.90 Å². The zero-order valence-corrected chi connectivity index (χ0v) is 12.2. The molecule has 1 aliphatic heterocycles. The molecule has 1 aliphatic rings. The van der Waals surface area contributed by atoms with E-state index in [0.29, 0.717) is 5.92 Å². The predicted octanol–water partition coefficient (Wildman–Crippen LogP) is 3.84. The topological polar surface area (TPSA) is 20.3 Å². The number of amides is 1. The van der Waals surface area contributed by atoms with E-state index in [1.54, 1.807) is 0 Å². The Kier molecular flexibility index (Phi) is 3.00. The van der Waals surface area contributed by atoms with Crippen LogP contribution < -0.4 is 4.90 Å². The largest absolute Gasteiger partial charge is 0.309 e. The van der Waals surface area contributed by atoms with Crippen molar-refractivity contribution in [3.05, 3.63) is 29.3 Å². The van der Waals surface area contributed by atoms with E-state index in [1.807, 2.05) is 18.7 Å². The minimum absolute atomic E-state index is 0.209. The third-order valence-corrected chi connectivity index (χ3v) is 3.85. The molecule has 98 valence electrons. The number of fused-ring (bicyclic) bond motifs is 1. The summed E-state index contributed by atoms with van der Waals surface area (Å²) >= 11 is 0. The SMILES string of the molecule is CC(C)c1cccc2c1C(C)(C)C(=O)N2C(C)C. The average molecular weight is 245 g/mol. The van der Waals surface area contributed by atoms with Crippen LogP contribution in [0.2, 0.25) is 0 Å². The Morgan fingerprint density at radius 2 is 1.72 bits per heavy atom. The standard InChI is InChI=1S/C16H23NO/c1-10(2)12-8-7-9-13-14(12)16(5,6)15(18)17(13)11(3)4/h7-11H,1-6H3. The van der Waals surface area contributed by atoms with E-state index in [1.165, 1.54) is 11.1 Å². The normalized spacial score (nSPS) is 17.8. The lowest BCUT2D eigenvalue weighted by Crippen LogP contribution is -2.40. The van der Waals surface area contributed by atoms with Crippen LogP contribution in [0.4, 0.5) is 5.69 Å². The molecule has 1 heterocycles. The summed E-state index contributed by atoms with van der Waals surface area (Å²) in [5.41, 5.74) is 3.22. The van der Waals surface area contributed by atoms with Gasteiger partial charge >= 0.3 is 0 Å². The van der Waals surface area contributed by atoms with Crippen LogP contribution in [0.3, 0.4) is 0 Å². The number of carbonyl (C=O) groups excluding carboxylic acids is 1. The van der Waals surface area contributed by atoms with Gasteiger partial charge in [-0.25, -0.2) is 0 Å². The number of hydrogen-bond acceptors (Lipinski definition) is 1. The first-order valence-corrected chi connectivity index (χ1v) is 6.75. The van der Waals surface area contributed by atoms with Crippen LogP contribution in [-0.4, -0.2) is 11.9 Å². The molecule has 0 aromatic heterocycles. The summed E-state index contributed by atoms with van der Waals surface area (Å²) in [5.74, 6) is 0.666. The Morgan fingerprint density at radius 1 is 1.11 bits per heavy atom. The minimum Gasteiger partial charge on any atom is -0.309 e. The van der Waals surface area contributed by atoms with Gasteiger partial charge in [-0.3, -0.25) is 4.79 Å². The van der Waals surface area contributed by atoms with Gasteiger partial charge in [0.15, 0.2) is 0 Å². The van der Waals surface area contributed by atoms with Gasteiger partial charge in [0.2, 0.25) is 5.91 Å². The van der Waals surface area contributed by atoms with Gasteiger partial charge in [0, 0.05) is 11.7 Å². The Bertz CT molecular complexity index is 486. The van der Waals surface area contributed by atoms with E-state index in [-0.39, 0.29) is 11.9 Å². The fourth-order valence-corrected chi connectivity index (χ4v) is 2.95. The maximum atomic E-state index is 12.6. The molecule has 1 amide bonds. The van der Waals surface area contributed by atoms with Crippen molar-refractivity contribution in [3.63, 3.8) is 0 Å². The van der Waals surface area contributed by atoms with Crippen molar-refractivity contribution in [2.24, 2.45) is 0 Å². The van der Waals surface area contributed by atoms with Crippen molar-refractivity contribution in [3.8, 4) is 0 Å². The highest BCUT2D eigenvalue weighted by Crippen LogP contribution is 2.46. The molecule has 1 aromatic carbocycles. The molecule has 0 atom stereocenters. The first-order chi connectivity index (χ1) is 8.28. The van der Waals surface area contributed by atoms with Gasteiger partial charge < -0.3 is 4.90 Å². The van der Waals surface area contributed by atoms with Gasteiger partial charge in [-0.1, -0.05) is 26.0 Å². The second kappa shape index (κ2) is 4.11. The summed E-state index contributed by atoms with van der Waals surface area (Å²) in [6, 6.07) is 6.51. The van der Waals surface area contributed by atoms with E-state index in [2.05, 4.69) is 45.9 Å². The number of hydrogen-bond donors (Lipinski definition) is 0. The molecule has 0 radical (unpaired) electrons. The molecule has 0 bridgehead atoms. The zero-order chi connectivity index (χ0) is 13.7. The van der Waals surface area contributed by atoms with Crippen LogP contribution in [0.25, 0.3) is 0 Å². The van der Waals surface area contributed by atoms with Gasteiger partial charge in [0.1, 0.15) is 0 Å². The summed E-state index contributed by atoms with van der Waals surface area (Å²) in [6.45, 7) is 12.6. The molecule has 0 saturated heterocycles. The number of nitrogens with zero attached hydrogens (tertiary/aromatic N) is 1. The quantitative estimate of drug-likeness (QED) is 0.775. The average Bonchev–Trinajstić information content (AvgIpc) is 2.47. The highest BCUT2D eigenvalue weighted by molar-refractivity contribution is 6.08. The molecule has 0 N–H and O–H groups in total. The summed E-state index contributed by atoms with van der Waals surface area (Å²) in [7, 11) is 0. The predicted molar refractivity (Wildman–Crippen MR) is 76.2 cm³/mol. The first-order valence-electron chi connectivity index (χ1n) is 6.75. The lowest BCUT2D eigenvalue weighted by atomic mass is 9.80. The molecule has 0 fully saturated rings. The molecule has 2 rings (SSSR count). The Hall–Kier alpha value is -1.31. The van der Waals surface area contributed by atoms with Crippen molar-refractivity contribution >= 4 is 11.6 Å². The Balaban J connectivity index is 2.72. The smallest absolute Gasteiger partial charge is 0.237 e. The third kappa shape index (κ3) is 1.66. The lowest BCUT2D eigenvalue weighted by molar-refractivity contribution is -0.122. The molecule has 18 heavy (non-hydrogen) atoms. The van der Waals surface area contributed by atoms with Crippen LogP contribution in [0, 0.1) is 0 Å². The van der Waals surface area contributed by atoms with Gasteiger partial charge in [-0.2, -0.15) is 0 Å². The first kappa shape index (κ1) is 13.1. The highest BCUT2D eigenvalue weighted by atomic mass is 16.2. The summed E-state index contributed by atoms with van der Waals surface area (Å²) < 4.78 is 0. The highest BCUT2D eigenvalue weighted by Gasteiger charge is 2.46. The monoisotopic (exact) mass is 245 g/mol. The number of anilines is 1.